The predicted octanol–water partition coefficient (Wildman–Crippen LogP) is 12.4. The number of esters is 2. The van der Waals surface area contributed by atoms with Gasteiger partial charge in [0.15, 0.2) is 5.71 Å². The van der Waals surface area contributed by atoms with Crippen LogP contribution in [0.4, 0.5) is 11.4 Å². The van der Waals surface area contributed by atoms with Crippen molar-refractivity contribution in [3.63, 3.8) is 0 Å². The third-order valence-corrected chi connectivity index (χ3v) is 11.7. The molecule has 0 saturated heterocycles. The van der Waals surface area contributed by atoms with Crippen molar-refractivity contribution in [2.75, 3.05) is 31.2 Å². The van der Waals surface area contributed by atoms with Crippen molar-refractivity contribution < 1.29 is 23.6 Å². The van der Waals surface area contributed by atoms with E-state index in [0.717, 1.165) is 38.8 Å². The second-order valence-corrected chi connectivity index (χ2v) is 16.7. The molecule has 0 N–H and O–H groups in total. The zero-order valence-electron chi connectivity index (χ0n) is 35.4. The SMILES string of the molecule is CCOC(=O)CCCCCCCCCCN1/C(=C/C=C/C2=[N+](CCCCCCCCCCC(=O)OCC)c3ccccc3C2(C)C)C(C)(C)c2ccccc21. The topological polar surface area (TPSA) is 58.8 Å². The number of hydrogen-bond acceptors (Lipinski definition) is 5. The maximum Gasteiger partial charge on any atom is 0.305 e. The van der Waals surface area contributed by atoms with E-state index in [1.165, 1.54) is 111 Å². The Morgan fingerprint density at radius 3 is 1.69 bits per heavy atom. The van der Waals surface area contributed by atoms with Crippen molar-refractivity contribution in [2.45, 2.75) is 168 Å². The summed E-state index contributed by atoms with van der Waals surface area (Å²) in [5, 5.41) is 0. The van der Waals surface area contributed by atoms with Crippen LogP contribution in [0.15, 0.2) is 72.5 Å². The van der Waals surface area contributed by atoms with Gasteiger partial charge in [0.2, 0.25) is 5.69 Å². The molecule has 0 spiro atoms. The standard InChI is InChI=1S/C49H73N2O4/c1-7-54-46(52)36-21-17-13-9-11-15-19-27-38-50-42-32-25-23-30-40(42)48(3,4)44(50)34-29-35-45-49(5,6)41-31-24-26-33-43(41)51(45)39-28-20-16-12-10-14-18-22-37-47(53)55-8-2/h23-26,29-35H,7-22,27-28,36-39H2,1-6H3/q+1. The first-order chi connectivity index (χ1) is 26.6. The monoisotopic (exact) mass is 754 g/mol. The molecule has 0 atom stereocenters. The van der Waals surface area contributed by atoms with Crippen molar-refractivity contribution in [3.8, 4) is 0 Å². The van der Waals surface area contributed by atoms with Crippen LogP contribution in [0.5, 0.6) is 0 Å². The lowest BCUT2D eigenvalue weighted by molar-refractivity contribution is -0.438. The smallest absolute Gasteiger partial charge is 0.305 e. The van der Waals surface area contributed by atoms with E-state index < -0.39 is 0 Å². The highest BCUT2D eigenvalue weighted by Crippen LogP contribution is 2.48. The number of anilines is 1. The fourth-order valence-corrected chi connectivity index (χ4v) is 8.66. The Balaban J connectivity index is 1.34. The minimum atomic E-state index is -0.0656. The zero-order valence-corrected chi connectivity index (χ0v) is 35.4. The Kier molecular flexibility index (Phi) is 18.2. The van der Waals surface area contributed by atoms with E-state index in [0.29, 0.717) is 26.1 Å². The molecule has 4 rings (SSSR count). The van der Waals surface area contributed by atoms with Crippen LogP contribution < -0.4 is 4.90 Å². The summed E-state index contributed by atoms with van der Waals surface area (Å²) >= 11 is 0. The summed E-state index contributed by atoms with van der Waals surface area (Å²) in [6.45, 7) is 16.3. The number of rotatable bonds is 26. The Morgan fingerprint density at radius 2 is 1.11 bits per heavy atom. The van der Waals surface area contributed by atoms with Crippen LogP contribution in [-0.2, 0) is 29.9 Å². The van der Waals surface area contributed by atoms with Gasteiger partial charge in [-0.3, -0.25) is 9.59 Å². The van der Waals surface area contributed by atoms with Gasteiger partial charge in [0.05, 0.1) is 18.6 Å². The van der Waals surface area contributed by atoms with Gasteiger partial charge < -0.3 is 14.4 Å². The van der Waals surface area contributed by atoms with Crippen molar-refractivity contribution >= 4 is 29.0 Å². The molecule has 302 valence electrons. The summed E-state index contributed by atoms with van der Waals surface area (Å²) in [5.41, 5.74) is 8.17. The Labute approximate surface area is 334 Å². The molecule has 2 heterocycles. The van der Waals surface area contributed by atoms with Gasteiger partial charge in [-0.05, 0) is 71.1 Å². The fraction of sp³-hybridized carbons (Fsp3) is 0.612. The van der Waals surface area contributed by atoms with Crippen LogP contribution in [0.25, 0.3) is 0 Å². The normalized spacial score (nSPS) is 16.3. The number of nitrogens with zero attached hydrogens (tertiary/aromatic N) is 2. The predicted molar refractivity (Wildman–Crippen MR) is 230 cm³/mol. The van der Waals surface area contributed by atoms with Crippen molar-refractivity contribution in [1.29, 1.82) is 0 Å². The molecule has 2 aromatic carbocycles. The minimum absolute atomic E-state index is 0.0576. The first-order valence-electron chi connectivity index (χ1n) is 21.9. The summed E-state index contributed by atoms with van der Waals surface area (Å²) in [5.74, 6) is -0.115. The van der Waals surface area contributed by atoms with Gasteiger partial charge in [0, 0.05) is 60.3 Å². The van der Waals surface area contributed by atoms with Crippen molar-refractivity contribution in [3.05, 3.63) is 83.6 Å². The molecule has 2 aliphatic rings. The lowest BCUT2D eigenvalue weighted by Gasteiger charge is -2.27. The second kappa shape index (κ2) is 22.8. The molecule has 55 heavy (non-hydrogen) atoms. The van der Waals surface area contributed by atoms with E-state index in [1.807, 2.05) is 13.8 Å². The van der Waals surface area contributed by atoms with Gasteiger partial charge >= 0.3 is 11.9 Å². The van der Waals surface area contributed by atoms with Crippen LogP contribution in [0, 0.1) is 0 Å². The number of ether oxygens (including phenoxy) is 2. The van der Waals surface area contributed by atoms with Crippen molar-refractivity contribution in [1.82, 2.24) is 0 Å². The van der Waals surface area contributed by atoms with Crippen LogP contribution in [0.1, 0.15) is 168 Å². The van der Waals surface area contributed by atoms with Gasteiger partial charge in [-0.2, -0.15) is 4.58 Å². The van der Waals surface area contributed by atoms with Crippen molar-refractivity contribution in [2.24, 2.45) is 0 Å². The van der Waals surface area contributed by atoms with Crippen LogP contribution in [0.3, 0.4) is 0 Å². The van der Waals surface area contributed by atoms with Crippen LogP contribution >= 0.6 is 0 Å². The molecular weight excluding hydrogens is 681 g/mol. The molecule has 6 nitrogen and oxygen atoms in total. The quantitative estimate of drug-likeness (QED) is 0.0544. The van der Waals surface area contributed by atoms with Crippen LogP contribution in [-0.4, -0.2) is 48.5 Å². The summed E-state index contributed by atoms with van der Waals surface area (Å²) < 4.78 is 12.7. The van der Waals surface area contributed by atoms with Gasteiger partial charge in [0.25, 0.3) is 0 Å². The van der Waals surface area contributed by atoms with E-state index in [4.69, 9.17) is 9.47 Å². The lowest BCUT2D eigenvalue weighted by Crippen LogP contribution is -2.28. The minimum Gasteiger partial charge on any atom is -0.466 e. The number of unbranched alkanes of at least 4 members (excludes halogenated alkanes) is 14. The average Bonchev–Trinajstić information content (AvgIpc) is 3.51. The maximum absolute atomic E-state index is 11.6. The highest BCUT2D eigenvalue weighted by Gasteiger charge is 2.44. The molecule has 2 aromatic rings. The van der Waals surface area contributed by atoms with Gasteiger partial charge in [-0.15, -0.1) is 0 Å². The Bertz CT molecular complexity index is 1600. The molecule has 2 aliphatic heterocycles. The third-order valence-electron chi connectivity index (χ3n) is 11.7. The highest BCUT2D eigenvalue weighted by molar-refractivity contribution is 6.03. The number of para-hydroxylation sites is 2. The average molecular weight is 754 g/mol. The Hall–Kier alpha value is -3.67. The maximum atomic E-state index is 11.6. The van der Waals surface area contributed by atoms with Gasteiger partial charge in [-0.1, -0.05) is 127 Å². The van der Waals surface area contributed by atoms with Gasteiger partial charge in [-0.25, -0.2) is 0 Å². The largest absolute Gasteiger partial charge is 0.466 e. The summed E-state index contributed by atoms with van der Waals surface area (Å²) in [4.78, 5) is 25.7. The Morgan fingerprint density at radius 1 is 0.618 bits per heavy atom. The number of allylic oxidation sites excluding steroid dienone is 4. The molecule has 0 amide bonds. The van der Waals surface area contributed by atoms with E-state index in [9.17, 15) is 9.59 Å². The number of hydrogen-bond donors (Lipinski definition) is 0. The molecule has 6 heteroatoms. The second-order valence-electron chi connectivity index (χ2n) is 16.7. The first kappa shape index (κ1) is 44.0. The van der Waals surface area contributed by atoms with Crippen LogP contribution in [0.2, 0.25) is 0 Å². The number of carbonyl (C=O) groups excluding carboxylic acids is 2. The molecule has 0 radical (unpaired) electrons. The highest BCUT2D eigenvalue weighted by atomic mass is 16.5. The molecule has 0 bridgehead atoms. The summed E-state index contributed by atoms with van der Waals surface area (Å²) in [6.07, 6.45) is 27.1. The first-order valence-corrected chi connectivity index (χ1v) is 21.9. The number of carbonyl (C=O) groups is 2. The lowest BCUT2D eigenvalue weighted by atomic mass is 9.81. The fourth-order valence-electron chi connectivity index (χ4n) is 8.66. The zero-order chi connectivity index (χ0) is 39.5. The summed E-state index contributed by atoms with van der Waals surface area (Å²) in [6, 6.07) is 18.0. The van der Waals surface area contributed by atoms with E-state index >= 15 is 0 Å². The molecule has 0 saturated carbocycles. The molecule has 0 aromatic heterocycles. The third kappa shape index (κ3) is 12.7. The molecule has 0 aliphatic carbocycles. The summed E-state index contributed by atoms with van der Waals surface area (Å²) in [7, 11) is 0. The van der Waals surface area contributed by atoms with Gasteiger partial charge in [0.1, 0.15) is 6.54 Å². The number of fused-ring (bicyclic) bond motifs is 2. The molecule has 0 fully saturated rings. The van der Waals surface area contributed by atoms with E-state index in [2.05, 4.69) is 104 Å². The van der Waals surface area contributed by atoms with E-state index in [-0.39, 0.29) is 22.8 Å². The van der Waals surface area contributed by atoms with E-state index in [1.54, 1.807) is 0 Å². The molecule has 0 unspecified atom stereocenters. The molecular formula is C49H73N2O4+. The number of benzene rings is 2.